The summed E-state index contributed by atoms with van der Waals surface area (Å²) in [6.07, 6.45) is -0.710. The van der Waals surface area contributed by atoms with Gasteiger partial charge in [0, 0.05) is 16.5 Å². The number of nitrogens with zero attached hydrogens (tertiary/aromatic N) is 1. The number of oxime groups is 1. The molecule has 0 N–H and O–H groups in total. The summed E-state index contributed by atoms with van der Waals surface area (Å²) >= 11 is 3.33. The van der Waals surface area contributed by atoms with Gasteiger partial charge in [-0.2, -0.15) is 0 Å². The quantitative estimate of drug-likeness (QED) is 0.793. The summed E-state index contributed by atoms with van der Waals surface area (Å²) in [5, 5.41) is 14.3. The predicted octanol–water partition coefficient (Wildman–Crippen LogP) is 0.692. The highest BCUT2D eigenvalue weighted by atomic mass is 79.9. The third-order valence-corrected chi connectivity index (χ3v) is 2.58. The molecule has 1 aliphatic heterocycles. The fourth-order valence-corrected chi connectivity index (χ4v) is 1.74. The lowest BCUT2D eigenvalue weighted by Crippen LogP contribution is -2.35. The molecule has 0 aromatic heterocycles. The number of carbonyl (C=O) groups is 1. The molecule has 4 nitrogen and oxygen atoms in total. The Morgan fingerprint density at radius 2 is 2.40 bits per heavy atom. The molecule has 0 saturated carbocycles. The van der Waals surface area contributed by atoms with Crippen LogP contribution in [0.15, 0.2) is 33.9 Å². The van der Waals surface area contributed by atoms with Gasteiger partial charge in [-0.3, -0.25) is 0 Å². The van der Waals surface area contributed by atoms with Crippen LogP contribution in [0.5, 0.6) is 0 Å². The van der Waals surface area contributed by atoms with E-state index >= 15 is 0 Å². The first-order valence-corrected chi connectivity index (χ1v) is 5.15. The zero-order valence-electron chi connectivity index (χ0n) is 7.64. The summed E-state index contributed by atoms with van der Waals surface area (Å²) in [6, 6.07) is 7.45. The molecule has 0 spiro atoms. The van der Waals surface area contributed by atoms with Crippen molar-refractivity contribution in [3.8, 4) is 0 Å². The standard InChI is InChI=1S/C10H8BrNO3/c11-7-3-1-2-6(4-7)8-5-9(10(13)14)15-12-8/h1-4,9H,5H2,(H,13,14)/p-1/t9-/m0/s1. The number of hydrogen-bond donors (Lipinski definition) is 0. The number of hydrogen-bond acceptors (Lipinski definition) is 4. The summed E-state index contributed by atoms with van der Waals surface area (Å²) in [5.74, 6) is -1.23. The van der Waals surface area contributed by atoms with Crippen LogP contribution in [0, 0.1) is 0 Å². The number of aliphatic carboxylic acids is 1. The second kappa shape index (κ2) is 4.02. The Kier molecular flexibility index (Phi) is 2.73. The van der Waals surface area contributed by atoms with Crippen molar-refractivity contribution in [2.75, 3.05) is 0 Å². The Hall–Kier alpha value is -1.36. The molecule has 0 fully saturated rings. The molecule has 0 amide bonds. The number of carboxylic acids is 1. The van der Waals surface area contributed by atoms with Crippen LogP contribution in [-0.2, 0) is 9.63 Å². The van der Waals surface area contributed by atoms with Crippen molar-refractivity contribution in [1.29, 1.82) is 0 Å². The predicted molar refractivity (Wildman–Crippen MR) is 55.2 cm³/mol. The van der Waals surface area contributed by atoms with E-state index in [1.54, 1.807) is 0 Å². The van der Waals surface area contributed by atoms with Gasteiger partial charge in [0.1, 0.15) is 0 Å². The lowest BCUT2D eigenvalue weighted by molar-refractivity contribution is -0.315. The van der Waals surface area contributed by atoms with Gasteiger partial charge in [0.25, 0.3) is 0 Å². The number of benzene rings is 1. The minimum atomic E-state index is -1.23. The van der Waals surface area contributed by atoms with E-state index in [1.165, 1.54) is 0 Å². The van der Waals surface area contributed by atoms with Crippen LogP contribution in [-0.4, -0.2) is 17.8 Å². The lowest BCUT2D eigenvalue weighted by Gasteiger charge is -2.07. The Bertz CT molecular complexity index is 430. The summed E-state index contributed by atoms with van der Waals surface area (Å²) in [4.78, 5) is 15.3. The Morgan fingerprint density at radius 3 is 3.00 bits per heavy atom. The molecule has 1 aromatic carbocycles. The van der Waals surface area contributed by atoms with Crippen molar-refractivity contribution < 1.29 is 14.7 Å². The number of rotatable bonds is 2. The van der Waals surface area contributed by atoms with Crippen molar-refractivity contribution in [2.45, 2.75) is 12.5 Å². The van der Waals surface area contributed by atoms with Crippen LogP contribution in [0.4, 0.5) is 0 Å². The first kappa shape index (κ1) is 10.2. The molecule has 0 radical (unpaired) electrons. The molecule has 0 bridgehead atoms. The first-order chi connectivity index (χ1) is 7.16. The van der Waals surface area contributed by atoms with E-state index in [-0.39, 0.29) is 6.42 Å². The van der Waals surface area contributed by atoms with E-state index in [4.69, 9.17) is 4.84 Å². The van der Waals surface area contributed by atoms with Gasteiger partial charge in [-0.15, -0.1) is 0 Å². The van der Waals surface area contributed by atoms with Gasteiger partial charge in [0.15, 0.2) is 6.10 Å². The van der Waals surface area contributed by atoms with Gasteiger partial charge in [0.2, 0.25) is 0 Å². The molecule has 0 aliphatic carbocycles. The van der Waals surface area contributed by atoms with E-state index in [9.17, 15) is 9.90 Å². The Balaban J connectivity index is 2.17. The number of carbonyl (C=O) groups excluding carboxylic acids is 1. The van der Waals surface area contributed by atoms with Crippen molar-refractivity contribution in [3.05, 3.63) is 34.3 Å². The molecule has 78 valence electrons. The molecular weight excluding hydrogens is 262 g/mol. The molecule has 2 rings (SSSR count). The SMILES string of the molecule is O=C([O-])[C@@H]1CC(c2cccc(Br)c2)=NO1. The highest BCUT2D eigenvalue weighted by Gasteiger charge is 2.22. The third-order valence-electron chi connectivity index (χ3n) is 2.09. The molecule has 0 saturated heterocycles. The largest absolute Gasteiger partial charge is 0.546 e. The van der Waals surface area contributed by atoms with Crippen molar-refractivity contribution in [2.24, 2.45) is 5.16 Å². The van der Waals surface area contributed by atoms with Crippen LogP contribution in [0.3, 0.4) is 0 Å². The highest BCUT2D eigenvalue weighted by molar-refractivity contribution is 9.10. The highest BCUT2D eigenvalue weighted by Crippen LogP contribution is 2.19. The van der Waals surface area contributed by atoms with Crippen LogP contribution in [0.25, 0.3) is 0 Å². The average Bonchev–Trinajstić information content (AvgIpc) is 2.66. The van der Waals surface area contributed by atoms with E-state index in [0.29, 0.717) is 5.71 Å². The third kappa shape index (κ3) is 2.18. The van der Waals surface area contributed by atoms with Gasteiger partial charge in [-0.1, -0.05) is 33.2 Å². The Morgan fingerprint density at radius 1 is 1.60 bits per heavy atom. The minimum absolute atomic E-state index is 0.249. The molecule has 5 heteroatoms. The second-order valence-electron chi connectivity index (χ2n) is 3.17. The van der Waals surface area contributed by atoms with Gasteiger partial charge in [0.05, 0.1) is 11.7 Å². The maximum atomic E-state index is 10.5. The summed E-state index contributed by atoms with van der Waals surface area (Å²) < 4.78 is 0.916. The van der Waals surface area contributed by atoms with Crippen molar-refractivity contribution >= 4 is 27.6 Å². The summed E-state index contributed by atoms with van der Waals surface area (Å²) in [6.45, 7) is 0. The Labute approximate surface area is 94.7 Å². The minimum Gasteiger partial charge on any atom is -0.546 e. The van der Waals surface area contributed by atoms with Gasteiger partial charge >= 0.3 is 0 Å². The molecular formula is C10H7BrNO3-. The zero-order chi connectivity index (χ0) is 10.8. The summed E-state index contributed by atoms with van der Waals surface area (Å²) in [5.41, 5.74) is 1.48. The summed E-state index contributed by atoms with van der Waals surface area (Å²) in [7, 11) is 0. The monoisotopic (exact) mass is 268 g/mol. The fourth-order valence-electron chi connectivity index (χ4n) is 1.34. The lowest BCUT2D eigenvalue weighted by atomic mass is 10.1. The molecule has 1 aromatic rings. The first-order valence-electron chi connectivity index (χ1n) is 4.36. The van der Waals surface area contributed by atoms with Gasteiger partial charge < -0.3 is 14.7 Å². The smallest absolute Gasteiger partial charge is 0.172 e. The molecule has 0 unspecified atom stereocenters. The van der Waals surface area contributed by atoms with Crippen LogP contribution >= 0.6 is 15.9 Å². The van der Waals surface area contributed by atoms with Crippen molar-refractivity contribution in [1.82, 2.24) is 0 Å². The molecule has 1 heterocycles. The van der Waals surface area contributed by atoms with Crippen LogP contribution in [0.2, 0.25) is 0 Å². The molecule has 1 atom stereocenters. The molecule has 1 aliphatic rings. The average molecular weight is 269 g/mol. The normalized spacial score (nSPS) is 19.5. The van der Waals surface area contributed by atoms with Crippen LogP contribution < -0.4 is 5.11 Å². The van der Waals surface area contributed by atoms with Crippen molar-refractivity contribution in [3.63, 3.8) is 0 Å². The van der Waals surface area contributed by atoms with E-state index in [0.717, 1.165) is 10.0 Å². The topological polar surface area (TPSA) is 61.7 Å². The van der Waals surface area contributed by atoms with E-state index in [2.05, 4.69) is 21.1 Å². The van der Waals surface area contributed by atoms with Gasteiger partial charge in [-0.25, -0.2) is 0 Å². The van der Waals surface area contributed by atoms with Crippen LogP contribution in [0.1, 0.15) is 12.0 Å². The maximum absolute atomic E-state index is 10.5. The second-order valence-corrected chi connectivity index (χ2v) is 4.08. The number of halogens is 1. The zero-order valence-corrected chi connectivity index (χ0v) is 9.23. The number of carboxylic acid groups (broad SMARTS) is 1. The maximum Gasteiger partial charge on any atom is 0.172 e. The molecule has 15 heavy (non-hydrogen) atoms. The van der Waals surface area contributed by atoms with E-state index in [1.807, 2.05) is 24.3 Å². The van der Waals surface area contributed by atoms with E-state index < -0.39 is 12.1 Å². The fraction of sp³-hybridized carbons (Fsp3) is 0.200. The van der Waals surface area contributed by atoms with Gasteiger partial charge in [-0.05, 0) is 12.1 Å².